The van der Waals surface area contributed by atoms with Gasteiger partial charge in [-0.15, -0.1) is 0 Å². The number of carbonyl (C=O) groups excluding carboxylic acids is 1. The van der Waals surface area contributed by atoms with Crippen molar-refractivity contribution < 1.29 is 9.90 Å². The Labute approximate surface area is 139 Å². The summed E-state index contributed by atoms with van der Waals surface area (Å²) >= 11 is 5.56. The molecule has 5 heteroatoms. The van der Waals surface area contributed by atoms with E-state index in [1.165, 1.54) is 6.07 Å². The van der Waals surface area contributed by atoms with Crippen LogP contribution >= 0.6 is 38.5 Å². The molecule has 0 atom stereocenters. The molecule has 0 spiro atoms. The summed E-state index contributed by atoms with van der Waals surface area (Å²) < 4.78 is 1.72. The fourth-order valence-corrected chi connectivity index (χ4v) is 3.21. The Morgan fingerprint density at radius 2 is 1.95 bits per heavy atom. The lowest BCUT2D eigenvalue weighted by atomic mass is 10.1. The fraction of sp³-hybridized carbons (Fsp3) is 0.133. The number of phenolic OH excluding ortho intramolecular Hbond substituents is 1. The maximum Gasteiger partial charge on any atom is 0.259 e. The van der Waals surface area contributed by atoms with Crippen molar-refractivity contribution in [3.8, 4) is 5.75 Å². The number of amides is 1. The van der Waals surface area contributed by atoms with Crippen LogP contribution in [-0.4, -0.2) is 11.0 Å². The zero-order chi connectivity index (χ0) is 14.9. The standard InChI is InChI=1S/C15H13BrINO2/c1-8-5-9(2)14(12(16)6-8)18-15(20)11-7-10(17)3-4-13(11)19/h3-7,19H,1-2H3,(H,18,20). The smallest absolute Gasteiger partial charge is 0.259 e. The highest BCUT2D eigenvalue weighted by molar-refractivity contribution is 14.1. The van der Waals surface area contributed by atoms with Crippen molar-refractivity contribution in [2.45, 2.75) is 13.8 Å². The van der Waals surface area contributed by atoms with Gasteiger partial charge in [-0.1, -0.05) is 6.07 Å². The molecule has 0 saturated carbocycles. The first kappa shape index (κ1) is 15.3. The largest absolute Gasteiger partial charge is 0.507 e. The van der Waals surface area contributed by atoms with E-state index in [2.05, 4.69) is 43.8 Å². The van der Waals surface area contributed by atoms with Crippen LogP contribution in [0.3, 0.4) is 0 Å². The van der Waals surface area contributed by atoms with E-state index in [1.807, 2.05) is 26.0 Å². The van der Waals surface area contributed by atoms with E-state index >= 15 is 0 Å². The van der Waals surface area contributed by atoms with E-state index in [-0.39, 0.29) is 17.2 Å². The average Bonchev–Trinajstić information content (AvgIpc) is 2.36. The molecule has 104 valence electrons. The number of anilines is 1. The second kappa shape index (κ2) is 6.13. The first-order valence-electron chi connectivity index (χ1n) is 5.95. The molecule has 0 heterocycles. The van der Waals surface area contributed by atoms with E-state index in [9.17, 15) is 9.90 Å². The summed E-state index contributed by atoms with van der Waals surface area (Å²) in [6.45, 7) is 3.93. The van der Waals surface area contributed by atoms with Crippen molar-refractivity contribution in [3.63, 3.8) is 0 Å². The Hall–Kier alpha value is -1.08. The predicted molar refractivity (Wildman–Crippen MR) is 92.4 cm³/mol. The molecule has 20 heavy (non-hydrogen) atoms. The molecule has 3 nitrogen and oxygen atoms in total. The van der Waals surface area contributed by atoms with Crippen LogP contribution < -0.4 is 5.32 Å². The number of aromatic hydroxyl groups is 1. The van der Waals surface area contributed by atoms with Crippen molar-refractivity contribution in [1.29, 1.82) is 0 Å². The zero-order valence-electron chi connectivity index (χ0n) is 11.0. The molecule has 2 aromatic carbocycles. The summed E-state index contributed by atoms with van der Waals surface area (Å²) in [7, 11) is 0. The first-order valence-corrected chi connectivity index (χ1v) is 7.82. The molecule has 2 aromatic rings. The van der Waals surface area contributed by atoms with Crippen LogP contribution in [0, 0.1) is 17.4 Å². The highest BCUT2D eigenvalue weighted by Gasteiger charge is 2.14. The van der Waals surface area contributed by atoms with Gasteiger partial charge in [-0.3, -0.25) is 4.79 Å². The van der Waals surface area contributed by atoms with Crippen LogP contribution in [0.1, 0.15) is 21.5 Å². The van der Waals surface area contributed by atoms with Crippen molar-refractivity contribution >= 4 is 50.1 Å². The van der Waals surface area contributed by atoms with Gasteiger partial charge in [-0.25, -0.2) is 0 Å². The number of phenols is 1. The second-order valence-electron chi connectivity index (χ2n) is 4.55. The molecule has 0 bridgehead atoms. The summed E-state index contributed by atoms with van der Waals surface area (Å²) in [5, 5.41) is 12.6. The second-order valence-corrected chi connectivity index (χ2v) is 6.65. The minimum absolute atomic E-state index is 0.0243. The van der Waals surface area contributed by atoms with Crippen LogP contribution in [-0.2, 0) is 0 Å². The Morgan fingerprint density at radius 3 is 2.60 bits per heavy atom. The number of benzene rings is 2. The molecule has 0 aliphatic heterocycles. The summed E-state index contributed by atoms with van der Waals surface area (Å²) in [4.78, 5) is 12.3. The monoisotopic (exact) mass is 445 g/mol. The molecular formula is C15H13BrINO2. The molecule has 0 saturated heterocycles. The van der Waals surface area contributed by atoms with E-state index < -0.39 is 0 Å². The number of aryl methyl sites for hydroxylation is 2. The normalized spacial score (nSPS) is 10.4. The maximum atomic E-state index is 12.3. The Bertz CT molecular complexity index is 663. The number of halogens is 2. The summed E-state index contributed by atoms with van der Waals surface area (Å²) in [5.74, 6) is -0.350. The van der Waals surface area contributed by atoms with Crippen molar-refractivity contribution in [3.05, 3.63) is 55.1 Å². The van der Waals surface area contributed by atoms with Crippen LogP contribution in [0.2, 0.25) is 0 Å². The van der Waals surface area contributed by atoms with Gasteiger partial charge in [0, 0.05) is 8.04 Å². The van der Waals surface area contributed by atoms with Gasteiger partial charge in [0.05, 0.1) is 11.3 Å². The minimum Gasteiger partial charge on any atom is -0.507 e. The van der Waals surface area contributed by atoms with Crippen molar-refractivity contribution in [2.75, 3.05) is 5.32 Å². The van der Waals surface area contributed by atoms with Gasteiger partial charge in [0.15, 0.2) is 0 Å². The topological polar surface area (TPSA) is 49.3 Å². The average molecular weight is 446 g/mol. The summed E-state index contributed by atoms with van der Waals surface area (Å²) in [5.41, 5.74) is 3.07. The third-order valence-electron chi connectivity index (χ3n) is 2.87. The molecule has 2 rings (SSSR count). The van der Waals surface area contributed by atoms with Gasteiger partial charge < -0.3 is 10.4 Å². The molecule has 0 unspecified atom stereocenters. The molecule has 1 amide bonds. The third-order valence-corrected chi connectivity index (χ3v) is 4.17. The summed E-state index contributed by atoms with van der Waals surface area (Å²) in [6.07, 6.45) is 0. The van der Waals surface area contributed by atoms with Crippen LogP contribution in [0.5, 0.6) is 5.75 Å². The van der Waals surface area contributed by atoms with E-state index in [4.69, 9.17) is 0 Å². The lowest BCUT2D eigenvalue weighted by Crippen LogP contribution is -2.13. The maximum absolute atomic E-state index is 12.3. The number of rotatable bonds is 2. The lowest BCUT2D eigenvalue weighted by Gasteiger charge is -2.12. The number of hydrogen-bond donors (Lipinski definition) is 2. The first-order chi connectivity index (χ1) is 9.38. The SMILES string of the molecule is Cc1cc(C)c(NC(=O)c2cc(I)ccc2O)c(Br)c1. The lowest BCUT2D eigenvalue weighted by molar-refractivity contribution is 0.102. The molecule has 0 aliphatic carbocycles. The van der Waals surface area contributed by atoms with E-state index in [0.29, 0.717) is 0 Å². The minimum atomic E-state index is -0.325. The molecule has 0 aromatic heterocycles. The van der Waals surface area contributed by atoms with Crippen LogP contribution in [0.4, 0.5) is 5.69 Å². The molecular weight excluding hydrogens is 433 g/mol. The molecule has 2 N–H and O–H groups in total. The highest BCUT2D eigenvalue weighted by Crippen LogP contribution is 2.29. The Balaban J connectivity index is 2.35. The Morgan fingerprint density at radius 1 is 1.25 bits per heavy atom. The third kappa shape index (κ3) is 3.32. The van der Waals surface area contributed by atoms with E-state index in [1.54, 1.807) is 12.1 Å². The van der Waals surface area contributed by atoms with Crippen molar-refractivity contribution in [1.82, 2.24) is 0 Å². The Kier molecular flexibility index (Phi) is 4.70. The van der Waals surface area contributed by atoms with Crippen molar-refractivity contribution in [2.24, 2.45) is 0 Å². The van der Waals surface area contributed by atoms with Gasteiger partial charge in [0.25, 0.3) is 5.91 Å². The quantitative estimate of drug-likeness (QED) is 0.662. The van der Waals surface area contributed by atoms with Gasteiger partial charge in [-0.05, 0) is 87.8 Å². The van der Waals surface area contributed by atoms with Crippen LogP contribution in [0.25, 0.3) is 0 Å². The van der Waals surface area contributed by atoms with Gasteiger partial charge in [0.1, 0.15) is 5.75 Å². The van der Waals surface area contributed by atoms with Gasteiger partial charge in [0.2, 0.25) is 0 Å². The molecule has 0 fully saturated rings. The fourth-order valence-electron chi connectivity index (χ4n) is 1.95. The number of hydrogen-bond acceptors (Lipinski definition) is 2. The molecule has 0 radical (unpaired) electrons. The number of nitrogens with one attached hydrogen (secondary N) is 1. The predicted octanol–water partition coefficient (Wildman–Crippen LogP) is 4.63. The van der Waals surface area contributed by atoms with Gasteiger partial charge >= 0.3 is 0 Å². The molecule has 0 aliphatic rings. The van der Waals surface area contributed by atoms with Crippen LogP contribution in [0.15, 0.2) is 34.8 Å². The van der Waals surface area contributed by atoms with Gasteiger partial charge in [-0.2, -0.15) is 0 Å². The summed E-state index contributed by atoms with van der Waals surface area (Å²) in [6, 6.07) is 8.86. The highest BCUT2D eigenvalue weighted by atomic mass is 127. The van der Waals surface area contributed by atoms with E-state index in [0.717, 1.165) is 24.9 Å². The zero-order valence-corrected chi connectivity index (χ0v) is 14.7. The number of carbonyl (C=O) groups is 1.